The van der Waals surface area contributed by atoms with Gasteiger partial charge in [0.2, 0.25) is 0 Å². The zero-order chi connectivity index (χ0) is 20.4. The van der Waals surface area contributed by atoms with Crippen LogP contribution in [0.25, 0.3) is 21.7 Å². The second-order valence-corrected chi connectivity index (χ2v) is 8.69. The Kier molecular flexibility index (Phi) is 6.15. The van der Waals surface area contributed by atoms with E-state index in [4.69, 9.17) is 4.52 Å². The van der Waals surface area contributed by atoms with Gasteiger partial charge in [0.15, 0.2) is 0 Å². The van der Waals surface area contributed by atoms with Crippen molar-refractivity contribution in [1.82, 2.24) is 20.4 Å². The Hall–Kier alpha value is -2.25. The van der Waals surface area contributed by atoms with Crippen molar-refractivity contribution in [2.75, 3.05) is 6.54 Å². The van der Waals surface area contributed by atoms with Crippen LogP contribution in [0.2, 0.25) is 0 Å². The minimum absolute atomic E-state index is 0.00543. The average Bonchev–Trinajstić information content (AvgIpc) is 3.28. The molecule has 0 aliphatic rings. The number of aryl methyl sites for hydroxylation is 1. The molecular weight excluding hydrogens is 372 g/mol. The van der Waals surface area contributed by atoms with E-state index in [0.29, 0.717) is 34.4 Å². The highest BCUT2D eigenvalue weighted by Gasteiger charge is 2.22. The molecule has 0 bridgehead atoms. The van der Waals surface area contributed by atoms with Gasteiger partial charge in [-0.25, -0.2) is 4.98 Å². The normalized spacial score (nSPS) is 13.0. The molecule has 0 aliphatic carbocycles. The number of nitrogens with zero attached hydrogens (tertiary/aromatic N) is 3. The van der Waals surface area contributed by atoms with Gasteiger partial charge in [-0.2, -0.15) is 0 Å². The minimum atomic E-state index is -0.128. The lowest BCUT2D eigenvalue weighted by atomic mass is 10.1. The number of nitrogens with one attached hydrogen (secondary N) is 1. The second-order valence-electron chi connectivity index (χ2n) is 7.74. The molecule has 7 heteroatoms. The van der Waals surface area contributed by atoms with Crippen LogP contribution in [0.15, 0.2) is 28.1 Å². The Morgan fingerprint density at radius 3 is 2.57 bits per heavy atom. The zero-order valence-corrected chi connectivity index (χ0v) is 18.1. The molecule has 3 aromatic rings. The summed E-state index contributed by atoms with van der Waals surface area (Å²) < 4.78 is 5.37. The van der Waals surface area contributed by atoms with Crippen molar-refractivity contribution in [1.29, 1.82) is 0 Å². The zero-order valence-electron chi connectivity index (χ0n) is 17.3. The minimum Gasteiger partial charge on any atom is -0.348 e. The molecule has 0 saturated heterocycles. The monoisotopic (exact) mass is 400 g/mol. The predicted molar refractivity (Wildman–Crippen MR) is 114 cm³/mol. The fourth-order valence-electron chi connectivity index (χ4n) is 3.51. The van der Waals surface area contributed by atoms with E-state index in [-0.39, 0.29) is 11.9 Å². The first-order valence-corrected chi connectivity index (χ1v) is 10.5. The van der Waals surface area contributed by atoms with E-state index in [9.17, 15) is 4.79 Å². The third-order valence-electron chi connectivity index (χ3n) is 4.82. The molecule has 0 aromatic carbocycles. The second kappa shape index (κ2) is 8.41. The fraction of sp³-hybridized carbons (Fsp3) is 0.476. The van der Waals surface area contributed by atoms with Crippen molar-refractivity contribution < 1.29 is 9.32 Å². The molecule has 0 unspecified atom stereocenters. The maximum atomic E-state index is 13.1. The summed E-state index contributed by atoms with van der Waals surface area (Å²) in [5, 5.41) is 9.82. The molecule has 150 valence electrons. The number of thiophene rings is 1. The number of carbonyl (C=O) groups excluding carboxylic acids is 1. The van der Waals surface area contributed by atoms with Gasteiger partial charge in [0.05, 0.1) is 27.2 Å². The van der Waals surface area contributed by atoms with Crippen molar-refractivity contribution in [3.63, 3.8) is 0 Å². The SMILES string of the molecule is Cc1noc2nc(-c3cccs3)cc(C(=O)N[C@H](C)CN(C(C)C)C(C)C)c12. The van der Waals surface area contributed by atoms with Crippen LogP contribution in [0.3, 0.4) is 0 Å². The molecule has 1 amide bonds. The Morgan fingerprint density at radius 2 is 1.96 bits per heavy atom. The third kappa shape index (κ3) is 4.25. The van der Waals surface area contributed by atoms with Gasteiger partial charge < -0.3 is 9.84 Å². The maximum Gasteiger partial charge on any atom is 0.259 e. The van der Waals surface area contributed by atoms with Gasteiger partial charge in [-0.15, -0.1) is 11.3 Å². The highest BCUT2D eigenvalue weighted by Crippen LogP contribution is 2.29. The molecule has 0 fully saturated rings. The van der Waals surface area contributed by atoms with Crippen molar-refractivity contribution in [2.45, 2.75) is 59.7 Å². The summed E-state index contributed by atoms with van der Waals surface area (Å²) in [7, 11) is 0. The molecule has 0 saturated carbocycles. The van der Waals surface area contributed by atoms with Crippen LogP contribution < -0.4 is 5.32 Å². The number of hydrogen-bond acceptors (Lipinski definition) is 6. The lowest BCUT2D eigenvalue weighted by Gasteiger charge is -2.33. The highest BCUT2D eigenvalue weighted by molar-refractivity contribution is 7.13. The number of amides is 1. The Morgan fingerprint density at radius 1 is 1.25 bits per heavy atom. The first-order valence-electron chi connectivity index (χ1n) is 9.65. The quantitative estimate of drug-likeness (QED) is 0.632. The average molecular weight is 401 g/mol. The summed E-state index contributed by atoms with van der Waals surface area (Å²) in [6.07, 6.45) is 0. The number of pyridine rings is 1. The van der Waals surface area contributed by atoms with Crippen LogP contribution in [0.5, 0.6) is 0 Å². The van der Waals surface area contributed by atoms with Crippen LogP contribution in [-0.4, -0.2) is 45.6 Å². The van der Waals surface area contributed by atoms with E-state index >= 15 is 0 Å². The maximum absolute atomic E-state index is 13.1. The highest BCUT2D eigenvalue weighted by atomic mass is 32.1. The molecule has 0 aliphatic heterocycles. The lowest BCUT2D eigenvalue weighted by molar-refractivity contribution is 0.0913. The number of rotatable bonds is 7. The summed E-state index contributed by atoms with van der Waals surface area (Å²) in [4.78, 5) is 21.0. The van der Waals surface area contributed by atoms with E-state index < -0.39 is 0 Å². The van der Waals surface area contributed by atoms with Crippen molar-refractivity contribution in [3.05, 3.63) is 34.8 Å². The Labute approximate surface area is 169 Å². The molecular formula is C21H28N4O2S. The molecule has 28 heavy (non-hydrogen) atoms. The van der Waals surface area contributed by atoms with Gasteiger partial charge in [0.25, 0.3) is 11.6 Å². The van der Waals surface area contributed by atoms with Gasteiger partial charge in [-0.1, -0.05) is 11.2 Å². The van der Waals surface area contributed by atoms with Gasteiger partial charge in [-0.3, -0.25) is 9.69 Å². The summed E-state index contributed by atoms with van der Waals surface area (Å²) in [5.41, 5.74) is 2.35. The molecule has 1 atom stereocenters. The summed E-state index contributed by atoms with van der Waals surface area (Å²) in [5.74, 6) is -0.128. The van der Waals surface area contributed by atoms with Crippen LogP contribution in [0.1, 0.15) is 50.7 Å². The van der Waals surface area contributed by atoms with E-state index in [1.54, 1.807) is 11.3 Å². The standard InChI is InChI=1S/C21H28N4O2S/c1-12(2)25(13(3)4)11-14(5)22-20(26)16-10-17(18-8-7-9-28-18)23-21-19(16)15(6)24-27-21/h7-10,12-14H,11H2,1-6H3,(H,22,26)/t14-/m1/s1. The van der Waals surface area contributed by atoms with Crippen LogP contribution >= 0.6 is 11.3 Å². The smallest absolute Gasteiger partial charge is 0.259 e. The molecule has 3 rings (SSSR count). The van der Waals surface area contributed by atoms with E-state index in [0.717, 1.165) is 17.1 Å². The van der Waals surface area contributed by atoms with Gasteiger partial charge in [0.1, 0.15) is 0 Å². The van der Waals surface area contributed by atoms with Gasteiger partial charge in [0, 0.05) is 24.7 Å². The van der Waals surface area contributed by atoms with Crippen molar-refractivity contribution >= 4 is 28.3 Å². The first-order chi connectivity index (χ1) is 13.3. The predicted octanol–water partition coefficient (Wildman–Crippen LogP) is 4.50. The summed E-state index contributed by atoms with van der Waals surface area (Å²) in [6, 6.07) is 6.62. The summed E-state index contributed by atoms with van der Waals surface area (Å²) >= 11 is 1.58. The lowest BCUT2D eigenvalue weighted by Crippen LogP contribution is -2.47. The molecule has 3 heterocycles. The summed E-state index contributed by atoms with van der Waals surface area (Å²) in [6.45, 7) is 13.4. The molecule has 1 N–H and O–H groups in total. The molecule has 0 spiro atoms. The van der Waals surface area contributed by atoms with E-state index in [2.05, 4.69) is 48.1 Å². The van der Waals surface area contributed by atoms with Gasteiger partial charge in [-0.05, 0) is 59.1 Å². The molecule has 3 aromatic heterocycles. The topological polar surface area (TPSA) is 71.3 Å². The molecule has 6 nitrogen and oxygen atoms in total. The van der Waals surface area contributed by atoms with Crippen molar-refractivity contribution in [3.8, 4) is 10.6 Å². The largest absolute Gasteiger partial charge is 0.348 e. The number of carbonyl (C=O) groups is 1. The van der Waals surface area contributed by atoms with E-state index in [1.165, 1.54) is 0 Å². The Bertz CT molecular complexity index is 939. The number of aromatic nitrogens is 2. The third-order valence-corrected chi connectivity index (χ3v) is 5.72. The van der Waals surface area contributed by atoms with Crippen LogP contribution in [0.4, 0.5) is 0 Å². The number of fused-ring (bicyclic) bond motifs is 1. The van der Waals surface area contributed by atoms with Gasteiger partial charge >= 0.3 is 0 Å². The first kappa shape index (κ1) is 20.5. The number of hydrogen-bond donors (Lipinski definition) is 1. The molecule has 0 radical (unpaired) electrons. The fourth-order valence-corrected chi connectivity index (χ4v) is 4.19. The van der Waals surface area contributed by atoms with E-state index in [1.807, 2.05) is 37.4 Å². The van der Waals surface area contributed by atoms with Crippen LogP contribution in [-0.2, 0) is 0 Å². The van der Waals surface area contributed by atoms with Crippen LogP contribution in [0, 0.1) is 6.92 Å². The van der Waals surface area contributed by atoms with Crippen molar-refractivity contribution in [2.24, 2.45) is 0 Å². The Balaban J connectivity index is 1.89.